The number of aromatic nitrogens is 1. The number of anilines is 2. The Morgan fingerprint density at radius 1 is 1.04 bits per heavy atom. The molecule has 7 rings (SSSR count). The molecule has 0 radical (unpaired) electrons. The third kappa shape index (κ3) is 6.06. The second-order valence-corrected chi connectivity index (χ2v) is 14.6. The molecule has 2 aromatic rings. The van der Waals surface area contributed by atoms with Crippen molar-refractivity contribution in [1.82, 2.24) is 19.9 Å². The first-order valence-corrected chi connectivity index (χ1v) is 17.5. The monoisotopic (exact) mass is 682 g/mol. The molecule has 16 heteroatoms. The number of piperidine rings is 1. The molecule has 46 heavy (non-hydrogen) atoms. The quantitative estimate of drug-likeness (QED) is 0.419. The van der Waals surface area contributed by atoms with Crippen LogP contribution in [0.4, 0.5) is 20.3 Å². The Balaban J connectivity index is 1.02. The number of carbonyl (C=O) groups excluding carboxylic acids is 1. The zero-order chi connectivity index (χ0) is 32.1. The van der Waals surface area contributed by atoms with Crippen molar-refractivity contribution < 1.29 is 36.2 Å². The van der Waals surface area contributed by atoms with Gasteiger partial charge in [0.1, 0.15) is 29.4 Å². The van der Waals surface area contributed by atoms with Gasteiger partial charge in [0.05, 0.1) is 36.4 Å². The van der Waals surface area contributed by atoms with Gasteiger partial charge in [-0.05, 0) is 50.2 Å². The van der Waals surface area contributed by atoms with Crippen molar-refractivity contribution in [1.29, 1.82) is 0 Å². The topological polar surface area (TPSA) is 126 Å². The second-order valence-electron chi connectivity index (χ2n) is 12.3. The summed E-state index contributed by atoms with van der Waals surface area (Å²) >= 11 is 6.16. The number of nitrogens with zero attached hydrogens (tertiary/aromatic N) is 4. The first-order valence-electron chi connectivity index (χ1n) is 15.7. The molecule has 1 aromatic heterocycles. The number of rotatable bonds is 7. The normalized spacial score (nSPS) is 26.5. The van der Waals surface area contributed by atoms with Gasteiger partial charge >= 0.3 is 5.92 Å². The molecule has 5 aliphatic rings. The van der Waals surface area contributed by atoms with Crippen molar-refractivity contribution in [3.05, 3.63) is 41.0 Å². The van der Waals surface area contributed by atoms with E-state index in [0.29, 0.717) is 23.9 Å². The van der Waals surface area contributed by atoms with Crippen LogP contribution in [0.2, 0.25) is 5.15 Å². The van der Waals surface area contributed by atoms with Gasteiger partial charge in [-0.25, -0.2) is 13.4 Å². The number of alkyl halides is 2. The second kappa shape index (κ2) is 12.7. The van der Waals surface area contributed by atoms with Gasteiger partial charge < -0.3 is 34.6 Å². The lowest BCUT2D eigenvalue weighted by Crippen LogP contribution is -2.53. The molecule has 3 unspecified atom stereocenters. The van der Waals surface area contributed by atoms with Crippen LogP contribution in [0.25, 0.3) is 0 Å². The van der Waals surface area contributed by atoms with E-state index in [-0.39, 0.29) is 92.0 Å². The summed E-state index contributed by atoms with van der Waals surface area (Å²) in [7, 11) is -3.91. The maximum absolute atomic E-state index is 15.3. The van der Waals surface area contributed by atoms with Crippen LogP contribution in [0.3, 0.4) is 0 Å². The Kier molecular flexibility index (Phi) is 8.84. The minimum atomic E-state index is -3.91. The molecule has 12 nitrogen and oxygen atoms in total. The van der Waals surface area contributed by atoms with Gasteiger partial charge in [-0.1, -0.05) is 11.6 Å². The fraction of sp³-hybridized carbons (Fsp3) is 0.600. The number of benzene rings is 1. The predicted octanol–water partition coefficient (Wildman–Crippen LogP) is 1.96. The third-order valence-corrected chi connectivity index (χ3v) is 11.5. The van der Waals surface area contributed by atoms with Crippen molar-refractivity contribution in [2.45, 2.75) is 54.3 Å². The molecule has 250 valence electrons. The van der Waals surface area contributed by atoms with E-state index in [2.05, 4.69) is 15.6 Å². The molecule has 1 amide bonds. The molecule has 1 aromatic carbocycles. The average Bonchev–Trinajstić information content (AvgIpc) is 3.39. The van der Waals surface area contributed by atoms with E-state index in [4.69, 9.17) is 25.8 Å². The zero-order valence-electron chi connectivity index (χ0n) is 25.2. The van der Waals surface area contributed by atoms with Crippen LogP contribution in [-0.2, 0) is 30.2 Å². The van der Waals surface area contributed by atoms with Crippen LogP contribution in [0.1, 0.15) is 24.8 Å². The van der Waals surface area contributed by atoms with Gasteiger partial charge in [0.15, 0.2) is 0 Å². The van der Waals surface area contributed by atoms with Gasteiger partial charge in [-0.3, -0.25) is 4.79 Å². The van der Waals surface area contributed by atoms with E-state index in [1.54, 1.807) is 15.9 Å². The van der Waals surface area contributed by atoms with Crippen molar-refractivity contribution >= 4 is 39.0 Å². The number of amides is 1. The Labute approximate surface area is 271 Å². The number of nitrogens with one attached hydrogen (secondary N) is 2. The Morgan fingerprint density at radius 3 is 2.57 bits per heavy atom. The van der Waals surface area contributed by atoms with Gasteiger partial charge in [-0.2, -0.15) is 13.1 Å². The summed E-state index contributed by atoms with van der Waals surface area (Å²) in [5.74, 6) is -2.78. The maximum Gasteiger partial charge on any atom is 0.301 e. The highest BCUT2D eigenvalue weighted by molar-refractivity contribution is 7.89. The molecule has 6 heterocycles. The Hall–Kier alpha value is -2.66. The molecule has 2 N–H and O–H groups in total. The number of hydrogen-bond acceptors (Lipinski definition) is 10. The van der Waals surface area contributed by atoms with Crippen LogP contribution < -0.4 is 25.2 Å². The van der Waals surface area contributed by atoms with Gasteiger partial charge in [0.25, 0.3) is 0 Å². The van der Waals surface area contributed by atoms with E-state index in [0.717, 1.165) is 32.0 Å². The highest BCUT2D eigenvalue weighted by Crippen LogP contribution is 2.41. The summed E-state index contributed by atoms with van der Waals surface area (Å²) in [4.78, 5) is 20.9. The van der Waals surface area contributed by atoms with E-state index < -0.39 is 22.0 Å². The van der Waals surface area contributed by atoms with E-state index in [1.165, 1.54) is 22.5 Å². The number of halogens is 3. The Bertz CT molecular complexity index is 1570. The summed E-state index contributed by atoms with van der Waals surface area (Å²) in [6.07, 6.45) is 0.929. The highest BCUT2D eigenvalue weighted by atomic mass is 35.5. The van der Waals surface area contributed by atoms with Gasteiger partial charge in [0, 0.05) is 56.3 Å². The van der Waals surface area contributed by atoms with Crippen molar-refractivity contribution in [2.75, 3.05) is 75.5 Å². The van der Waals surface area contributed by atoms with Crippen LogP contribution in [0, 0.1) is 0 Å². The number of piperazine rings is 1. The van der Waals surface area contributed by atoms with Crippen LogP contribution >= 0.6 is 11.6 Å². The van der Waals surface area contributed by atoms with Gasteiger partial charge in [0.2, 0.25) is 15.9 Å². The summed E-state index contributed by atoms with van der Waals surface area (Å²) in [5.41, 5.74) is 0.235. The largest absolute Gasteiger partial charge is 0.489 e. The number of carbonyl (C=O) groups is 1. The van der Waals surface area contributed by atoms with E-state index >= 15 is 8.78 Å². The molecule has 0 saturated carbocycles. The van der Waals surface area contributed by atoms with Crippen LogP contribution in [0.15, 0.2) is 35.2 Å². The lowest BCUT2D eigenvalue weighted by atomic mass is 10.0. The van der Waals surface area contributed by atoms with Crippen molar-refractivity contribution in [2.24, 2.45) is 0 Å². The molecule has 0 bridgehead atoms. The highest BCUT2D eigenvalue weighted by Gasteiger charge is 2.46. The van der Waals surface area contributed by atoms with Crippen molar-refractivity contribution in [3.8, 4) is 5.75 Å². The molecule has 0 aliphatic carbocycles. The molecule has 3 atom stereocenters. The lowest BCUT2D eigenvalue weighted by molar-refractivity contribution is -0.199. The molecule has 5 aliphatic heterocycles. The molecular formula is C30H37ClF2N6O6S. The molecular weight excluding hydrogens is 646 g/mol. The minimum Gasteiger partial charge on any atom is -0.489 e. The van der Waals surface area contributed by atoms with Crippen LogP contribution in [0.5, 0.6) is 5.75 Å². The number of sulfonamides is 1. The molecule has 4 saturated heterocycles. The smallest absolute Gasteiger partial charge is 0.301 e. The minimum absolute atomic E-state index is 0.0112. The lowest BCUT2D eigenvalue weighted by Gasteiger charge is -2.37. The molecule has 0 spiro atoms. The fourth-order valence-electron chi connectivity index (χ4n) is 6.92. The first kappa shape index (κ1) is 31.9. The molecule has 4 fully saturated rings. The van der Waals surface area contributed by atoms with Crippen LogP contribution in [-0.4, -0.2) is 114 Å². The third-order valence-electron chi connectivity index (χ3n) is 9.43. The standard InChI is InChI=1S/C30H37ClF2N6O6S/c31-27-13-19(30(32,33)26-18-43-11-12-44-26)14-28(36-27)37-7-9-38(10-8-37)46(41,42)21-1-2-23-25(15-21)45-17-24-22(16-29(40)39(23)24)35-20-3-5-34-6-4-20/h1-2,13-15,20,22,24,26,34-35H,3-12,16-18H2. The Morgan fingerprint density at radius 2 is 1.83 bits per heavy atom. The fourth-order valence-corrected chi connectivity index (χ4v) is 8.57. The predicted molar refractivity (Wildman–Crippen MR) is 165 cm³/mol. The van der Waals surface area contributed by atoms with Gasteiger partial charge in [-0.15, -0.1) is 0 Å². The van der Waals surface area contributed by atoms with Crippen molar-refractivity contribution in [3.63, 3.8) is 0 Å². The first-order chi connectivity index (χ1) is 22.1. The number of ether oxygens (including phenoxy) is 3. The van der Waals surface area contributed by atoms with E-state index in [9.17, 15) is 13.2 Å². The number of hydrogen-bond donors (Lipinski definition) is 2. The number of pyridine rings is 1. The summed E-state index contributed by atoms with van der Waals surface area (Å²) in [6, 6.07) is 7.18. The average molecular weight is 683 g/mol. The number of fused-ring (bicyclic) bond motifs is 3. The SMILES string of the molecule is O=C1CC(NC2CCNCC2)C2COc3cc(S(=O)(=O)N4CCN(c5cc(C(F)(F)C6COCCO6)cc(Cl)n5)CC4)ccc3N12. The summed E-state index contributed by atoms with van der Waals surface area (Å²) in [6.45, 7) is 2.92. The summed E-state index contributed by atoms with van der Waals surface area (Å²) < 4.78 is 75.8. The maximum atomic E-state index is 15.3. The van der Waals surface area contributed by atoms with E-state index in [1.807, 2.05) is 0 Å². The zero-order valence-corrected chi connectivity index (χ0v) is 26.7. The summed E-state index contributed by atoms with van der Waals surface area (Å²) in [5, 5.41) is 6.91.